The zero-order valence-corrected chi connectivity index (χ0v) is 70.8. The molecule has 12 nitrogen and oxygen atoms in total. The molecule has 1 aliphatic rings. The van der Waals surface area contributed by atoms with E-state index in [0.29, 0.717) is 34.9 Å². The third-order valence-electron chi connectivity index (χ3n) is 26.3. The standard InChI is InChI=1S/C61H38N4O2.C58H34N4O2/c1-61(2)47-23-10-6-17-39(47)40-32-31-38(33-48(40)61)60-64-58(36-15-4-3-5-16-36)63-59(65-60)37-29-27-35(28-30-37)56-46-34-52-54(44-20-9-13-26-51(44)66-52)55(53(46)43-19-7-11-24-49(43)62-56)45-22-14-21-42-41-18-8-12-25-50(41)67-57(42)45;1-3-14-35(15-4-1)36-26-30-39(31-27-36)57-60-56(38-16-5-2-6-17-38)61-58(62-57)40-32-28-37(29-33-40)54-46-34-50-52(44-20-9-12-25-49(44)63-50)53(51(46)43-19-7-10-23-47(43)59-54)45-22-13-21-42-41-18-8-11-24-48(41)64-55(42)45/h3-34H,1-2H3;1-34H. The predicted molar refractivity (Wildman–Crippen MR) is 532 cm³/mol. The van der Waals surface area contributed by atoms with Crippen LogP contribution in [0.1, 0.15) is 25.0 Å². The number of aromatic nitrogens is 8. The van der Waals surface area contributed by atoms with E-state index in [4.69, 9.17) is 57.5 Å². The summed E-state index contributed by atoms with van der Waals surface area (Å²) in [4.78, 5) is 41.3. The summed E-state index contributed by atoms with van der Waals surface area (Å²) in [5, 5.41) is 14.8. The molecule has 18 aromatic carbocycles. The fourth-order valence-corrected chi connectivity index (χ4v) is 20.0. The molecule has 612 valence electrons. The molecule has 0 unspecified atom stereocenters. The fraction of sp³-hybridized carbons (Fsp3) is 0.0252. The van der Waals surface area contributed by atoms with E-state index < -0.39 is 0 Å². The van der Waals surface area contributed by atoms with Gasteiger partial charge in [0.05, 0.1) is 22.4 Å². The Bertz CT molecular complexity index is 9180. The zero-order chi connectivity index (χ0) is 86.5. The van der Waals surface area contributed by atoms with Crippen molar-refractivity contribution in [3.63, 3.8) is 0 Å². The molecular formula is C119H72N8O4. The first-order chi connectivity index (χ1) is 64.7. The maximum atomic E-state index is 6.76. The Morgan fingerprint density at radius 3 is 0.931 bits per heavy atom. The van der Waals surface area contributed by atoms with Crippen LogP contribution in [0.4, 0.5) is 0 Å². The van der Waals surface area contributed by atoms with Gasteiger partial charge in [0.2, 0.25) is 0 Å². The lowest BCUT2D eigenvalue weighted by atomic mass is 9.82. The normalized spacial score (nSPS) is 12.4. The lowest BCUT2D eigenvalue weighted by Crippen LogP contribution is -2.15. The number of furan rings is 4. The van der Waals surface area contributed by atoms with Crippen LogP contribution in [0.15, 0.2) is 418 Å². The smallest absolute Gasteiger partial charge is 0.164 e. The van der Waals surface area contributed by atoms with Gasteiger partial charge < -0.3 is 17.7 Å². The van der Waals surface area contributed by atoms with Crippen molar-refractivity contribution in [2.45, 2.75) is 19.3 Å². The lowest BCUT2D eigenvalue weighted by molar-refractivity contribution is 0.660. The first-order valence-electron chi connectivity index (χ1n) is 44.1. The van der Waals surface area contributed by atoms with Gasteiger partial charge in [-0.05, 0) is 88.0 Å². The van der Waals surface area contributed by atoms with E-state index in [1.807, 2.05) is 115 Å². The number of nitrogens with zero attached hydrogens (tertiary/aromatic N) is 8. The number of benzene rings is 18. The van der Waals surface area contributed by atoms with Gasteiger partial charge in [-0.2, -0.15) is 0 Å². The number of fused-ring (bicyclic) bond motifs is 21. The first-order valence-corrected chi connectivity index (χ1v) is 44.1. The Labute approximate surface area is 749 Å². The van der Waals surface area contributed by atoms with Gasteiger partial charge in [0.1, 0.15) is 44.7 Å². The van der Waals surface area contributed by atoms with Crippen LogP contribution < -0.4 is 0 Å². The van der Waals surface area contributed by atoms with Gasteiger partial charge in [-0.25, -0.2) is 39.9 Å². The molecule has 1 aliphatic carbocycles. The topological polar surface area (TPSA) is 156 Å². The van der Waals surface area contributed by atoms with Crippen LogP contribution in [0.3, 0.4) is 0 Å². The minimum Gasteiger partial charge on any atom is -0.456 e. The van der Waals surface area contributed by atoms with Crippen molar-refractivity contribution in [1.29, 1.82) is 0 Å². The molecular weight excluding hydrogens is 1610 g/mol. The summed E-state index contributed by atoms with van der Waals surface area (Å²) in [5.41, 5.74) is 28.9. The van der Waals surface area contributed by atoms with Crippen molar-refractivity contribution < 1.29 is 17.7 Å². The monoisotopic (exact) mass is 1680 g/mol. The van der Waals surface area contributed by atoms with Crippen molar-refractivity contribution in [1.82, 2.24) is 39.9 Å². The van der Waals surface area contributed by atoms with Crippen LogP contribution in [0.25, 0.3) is 266 Å². The molecule has 8 aromatic heterocycles. The number of hydrogen-bond acceptors (Lipinski definition) is 12. The van der Waals surface area contributed by atoms with E-state index in [-0.39, 0.29) is 5.41 Å². The first kappa shape index (κ1) is 74.9. The van der Waals surface area contributed by atoms with Gasteiger partial charge in [-0.15, -0.1) is 0 Å². The molecule has 0 saturated heterocycles. The van der Waals surface area contributed by atoms with Crippen molar-refractivity contribution >= 4 is 131 Å². The van der Waals surface area contributed by atoms with Crippen molar-refractivity contribution in [2.24, 2.45) is 0 Å². The summed E-state index contributed by atoms with van der Waals surface area (Å²) >= 11 is 0. The molecule has 26 aromatic rings. The van der Waals surface area contributed by atoms with Crippen molar-refractivity contribution in [3.05, 3.63) is 412 Å². The number of rotatable bonds is 11. The molecule has 0 bridgehead atoms. The van der Waals surface area contributed by atoms with Crippen LogP contribution in [-0.4, -0.2) is 39.9 Å². The third kappa shape index (κ3) is 12.3. The average Bonchev–Trinajstić information content (AvgIpc) is 1.64. The second-order valence-corrected chi connectivity index (χ2v) is 34.2. The Morgan fingerprint density at radius 2 is 0.489 bits per heavy atom. The molecule has 0 aliphatic heterocycles. The summed E-state index contributed by atoms with van der Waals surface area (Å²) in [7, 11) is 0. The van der Waals surface area contributed by atoms with E-state index in [1.54, 1.807) is 0 Å². The largest absolute Gasteiger partial charge is 0.456 e. The zero-order valence-electron chi connectivity index (χ0n) is 70.8. The molecule has 0 amide bonds. The molecule has 27 rings (SSSR count). The highest BCUT2D eigenvalue weighted by molar-refractivity contribution is 6.32. The highest BCUT2D eigenvalue weighted by atomic mass is 16.3. The average molecular weight is 1680 g/mol. The summed E-state index contributed by atoms with van der Waals surface area (Å²) < 4.78 is 27.0. The van der Waals surface area contributed by atoms with Crippen molar-refractivity contribution in [2.75, 3.05) is 0 Å². The van der Waals surface area contributed by atoms with Gasteiger partial charge in [-0.1, -0.05) is 360 Å². The Morgan fingerprint density at radius 1 is 0.183 bits per heavy atom. The van der Waals surface area contributed by atoms with Gasteiger partial charge >= 0.3 is 0 Å². The summed E-state index contributed by atoms with van der Waals surface area (Å²) in [6, 6.07) is 138. The Balaban J connectivity index is 0.000000138. The van der Waals surface area contributed by atoms with Gasteiger partial charge in [0, 0.05) is 148 Å². The van der Waals surface area contributed by atoms with Crippen molar-refractivity contribution in [3.8, 4) is 135 Å². The molecule has 131 heavy (non-hydrogen) atoms. The molecule has 0 radical (unpaired) electrons. The molecule has 0 N–H and O–H groups in total. The number of para-hydroxylation sites is 8. The number of hydrogen-bond donors (Lipinski definition) is 0. The van der Waals surface area contributed by atoms with Crippen LogP contribution in [0.2, 0.25) is 0 Å². The van der Waals surface area contributed by atoms with Crippen LogP contribution in [0, 0.1) is 0 Å². The highest BCUT2D eigenvalue weighted by Gasteiger charge is 2.36. The summed E-state index contributed by atoms with van der Waals surface area (Å²) in [6.45, 7) is 4.60. The van der Waals surface area contributed by atoms with Gasteiger partial charge in [-0.3, -0.25) is 0 Å². The van der Waals surface area contributed by atoms with Gasteiger partial charge in [0.15, 0.2) is 34.9 Å². The van der Waals surface area contributed by atoms with E-state index in [2.05, 4.69) is 299 Å². The molecule has 8 heterocycles. The molecule has 0 atom stereocenters. The molecule has 0 spiro atoms. The summed E-state index contributed by atoms with van der Waals surface area (Å²) in [6.07, 6.45) is 0. The van der Waals surface area contributed by atoms with Gasteiger partial charge in [0.25, 0.3) is 0 Å². The number of pyridine rings is 2. The highest BCUT2D eigenvalue weighted by Crippen LogP contribution is 2.54. The van der Waals surface area contributed by atoms with Crippen LogP contribution >= 0.6 is 0 Å². The maximum absolute atomic E-state index is 6.76. The summed E-state index contributed by atoms with van der Waals surface area (Å²) in [5.74, 6) is 3.66. The lowest BCUT2D eigenvalue weighted by Gasteiger charge is -2.21. The van der Waals surface area contributed by atoms with Crippen LogP contribution in [-0.2, 0) is 5.41 Å². The SMILES string of the molecule is CC1(C)c2ccccc2-c2ccc(-c3nc(-c4ccccc4)nc(-c4ccc(-c5nc6ccccc6c6c(-c7cccc8c7oc7ccccc78)c7c(cc56)oc5ccccc57)cc4)n3)cc21.c1ccc(-c2ccc(-c3nc(-c4ccccc4)nc(-c4ccc(-c5nc6ccccc6c6c(-c7cccc8c7oc7ccccc78)c7c(cc56)oc5ccccc57)cc4)n3)cc2)cc1. The molecule has 0 fully saturated rings. The fourth-order valence-electron chi connectivity index (χ4n) is 20.0. The quantitative estimate of drug-likeness (QED) is 0.113. The van der Waals surface area contributed by atoms with E-state index in [9.17, 15) is 0 Å². The Hall–Kier alpha value is -17.5. The second kappa shape index (κ2) is 29.8. The minimum absolute atomic E-state index is 0.158. The maximum Gasteiger partial charge on any atom is 0.164 e. The third-order valence-corrected chi connectivity index (χ3v) is 26.3. The van der Waals surface area contributed by atoms with Crippen LogP contribution in [0.5, 0.6) is 0 Å². The minimum atomic E-state index is -0.158. The van der Waals surface area contributed by atoms with E-state index in [1.165, 1.54) is 22.3 Å². The molecule has 0 saturated carbocycles. The molecule has 12 heteroatoms. The van der Waals surface area contributed by atoms with E-state index >= 15 is 0 Å². The van der Waals surface area contributed by atoms with E-state index in [0.717, 1.165) is 220 Å². The second-order valence-electron chi connectivity index (χ2n) is 34.2. The predicted octanol–water partition coefficient (Wildman–Crippen LogP) is 31.4. The Kier molecular flexibility index (Phi) is 17.1.